The van der Waals surface area contributed by atoms with Gasteiger partial charge in [-0.2, -0.15) is 0 Å². The van der Waals surface area contributed by atoms with E-state index in [2.05, 4.69) is 86.0 Å². The van der Waals surface area contributed by atoms with Crippen LogP contribution in [0.15, 0.2) is 94.5 Å². The van der Waals surface area contributed by atoms with E-state index in [1.807, 2.05) is 0 Å². The molecule has 2 atom stereocenters. The van der Waals surface area contributed by atoms with E-state index in [0.717, 1.165) is 0 Å². The van der Waals surface area contributed by atoms with Crippen LogP contribution in [0.5, 0.6) is 0 Å². The molecule has 0 aliphatic heterocycles. The van der Waals surface area contributed by atoms with Gasteiger partial charge in [-0.1, -0.05) is 96.4 Å². The Morgan fingerprint density at radius 2 is 1.62 bits per heavy atom. The normalized spacial score (nSPS) is 28.9. The summed E-state index contributed by atoms with van der Waals surface area (Å²) in [6.07, 6.45) is 27.4. The molecule has 21 heavy (non-hydrogen) atoms. The molecule has 2 unspecified atom stereocenters. The Bertz CT molecular complexity index is 730. The Hall–Kier alpha value is -1.86. The van der Waals surface area contributed by atoms with Crippen molar-refractivity contribution in [3.05, 3.63) is 94.5 Å². The van der Waals surface area contributed by atoms with Crippen LogP contribution in [0.25, 0.3) is 0 Å². The van der Waals surface area contributed by atoms with Gasteiger partial charge in [0.05, 0.1) is 0 Å². The third kappa shape index (κ3) is 1.88. The van der Waals surface area contributed by atoms with Crippen molar-refractivity contribution in [1.29, 1.82) is 0 Å². The zero-order valence-electron chi connectivity index (χ0n) is 12.6. The van der Waals surface area contributed by atoms with Crippen molar-refractivity contribution in [2.24, 2.45) is 11.8 Å². The van der Waals surface area contributed by atoms with Gasteiger partial charge in [-0.3, -0.25) is 0 Å². The van der Waals surface area contributed by atoms with Crippen molar-refractivity contribution < 1.29 is 0 Å². The number of rotatable bonds is 2. The average molecular weight is 288 g/mol. The van der Waals surface area contributed by atoms with Crippen LogP contribution in [0, 0.1) is 11.8 Å². The largest absolute Gasteiger partial charge is 0.109 e. The van der Waals surface area contributed by atoms with Crippen molar-refractivity contribution in [2.45, 2.75) is 13.1 Å². The molecular formula is C20H20Si. The van der Waals surface area contributed by atoms with Crippen LogP contribution < -0.4 is 0 Å². The van der Waals surface area contributed by atoms with Gasteiger partial charge in [-0.15, -0.1) is 0 Å². The minimum Gasteiger partial charge on any atom is -0.0733 e. The summed E-state index contributed by atoms with van der Waals surface area (Å²) >= 11 is 0. The molecule has 104 valence electrons. The fourth-order valence-corrected chi connectivity index (χ4v) is 7.24. The third-order valence-electron chi connectivity index (χ3n) is 5.09. The lowest BCUT2D eigenvalue weighted by atomic mass is 9.98. The lowest BCUT2D eigenvalue weighted by molar-refractivity contribution is 0.980. The SMILES string of the molecule is C[Si](C)(C1=CC=C2C=CC=CC21)C1=C2C=CC=CC2C=C1. The molecule has 0 amide bonds. The van der Waals surface area contributed by atoms with Crippen molar-refractivity contribution in [3.8, 4) is 0 Å². The van der Waals surface area contributed by atoms with Crippen molar-refractivity contribution in [2.75, 3.05) is 0 Å². The van der Waals surface area contributed by atoms with E-state index in [0.29, 0.717) is 11.8 Å². The van der Waals surface area contributed by atoms with Gasteiger partial charge >= 0.3 is 0 Å². The maximum atomic E-state index is 2.50. The highest BCUT2D eigenvalue weighted by Gasteiger charge is 2.39. The first-order valence-electron chi connectivity index (χ1n) is 7.73. The lowest BCUT2D eigenvalue weighted by Crippen LogP contribution is -2.35. The van der Waals surface area contributed by atoms with Gasteiger partial charge in [0.15, 0.2) is 0 Å². The van der Waals surface area contributed by atoms with Crippen LogP contribution in [0.3, 0.4) is 0 Å². The molecule has 0 radical (unpaired) electrons. The first-order valence-corrected chi connectivity index (χ1v) is 10.7. The van der Waals surface area contributed by atoms with Gasteiger partial charge < -0.3 is 0 Å². The smallest absolute Gasteiger partial charge is 0.0733 e. The van der Waals surface area contributed by atoms with Gasteiger partial charge in [-0.05, 0) is 11.1 Å². The Morgan fingerprint density at radius 1 is 0.810 bits per heavy atom. The topological polar surface area (TPSA) is 0 Å². The predicted octanol–water partition coefficient (Wildman–Crippen LogP) is 4.99. The number of allylic oxidation sites excluding steroid dienone is 16. The Labute approximate surface area is 128 Å². The third-order valence-corrected chi connectivity index (χ3v) is 8.82. The Kier molecular flexibility index (Phi) is 2.80. The van der Waals surface area contributed by atoms with Gasteiger partial charge in [-0.25, -0.2) is 0 Å². The van der Waals surface area contributed by atoms with E-state index in [-0.39, 0.29) is 0 Å². The number of fused-ring (bicyclic) bond motifs is 2. The summed E-state index contributed by atoms with van der Waals surface area (Å²) in [5, 5.41) is 3.26. The van der Waals surface area contributed by atoms with E-state index in [1.165, 1.54) is 11.1 Å². The standard InChI is InChI=1S/C20H20Si/c1-21(2,19-13-11-15-7-3-5-9-17(15)19)20-14-12-16-8-4-6-10-18(16)20/h3-15,18H,1-2H3. The second kappa shape index (κ2) is 4.57. The second-order valence-electron chi connectivity index (χ2n) is 6.63. The highest BCUT2D eigenvalue weighted by atomic mass is 28.3. The van der Waals surface area contributed by atoms with Gasteiger partial charge in [0, 0.05) is 11.8 Å². The fraction of sp³-hybridized carbons (Fsp3) is 0.200. The minimum absolute atomic E-state index is 0.507. The predicted molar refractivity (Wildman–Crippen MR) is 93.4 cm³/mol. The van der Waals surface area contributed by atoms with E-state index >= 15 is 0 Å². The van der Waals surface area contributed by atoms with E-state index in [1.54, 1.807) is 10.4 Å². The summed E-state index contributed by atoms with van der Waals surface area (Å²) in [6.45, 7) is 5.01. The van der Waals surface area contributed by atoms with Crippen LogP contribution in [-0.4, -0.2) is 8.07 Å². The Morgan fingerprint density at radius 3 is 2.52 bits per heavy atom. The van der Waals surface area contributed by atoms with Gasteiger partial charge in [0.2, 0.25) is 0 Å². The fourth-order valence-electron chi connectivity index (χ4n) is 3.90. The molecule has 0 nitrogen and oxygen atoms in total. The summed E-state index contributed by atoms with van der Waals surface area (Å²) in [6, 6.07) is 0. The van der Waals surface area contributed by atoms with Crippen LogP contribution in [-0.2, 0) is 0 Å². The summed E-state index contributed by atoms with van der Waals surface area (Å²) < 4.78 is 0. The molecule has 0 aromatic heterocycles. The second-order valence-corrected chi connectivity index (χ2v) is 11.0. The van der Waals surface area contributed by atoms with Crippen molar-refractivity contribution in [1.82, 2.24) is 0 Å². The van der Waals surface area contributed by atoms with E-state index in [4.69, 9.17) is 0 Å². The maximum Gasteiger partial charge on any atom is 0.109 e. The van der Waals surface area contributed by atoms with Crippen LogP contribution in [0.1, 0.15) is 0 Å². The molecule has 0 aromatic carbocycles. The van der Waals surface area contributed by atoms with E-state index < -0.39 is 8.07 Å². The van der Waals surface area contributed by atoms with E-state index in [9.17, 15) is 0 Å². The molecule has 4 aliphatic rings. The molecule has 4 aliphatic carbocycles. The summed E-state index contributed by atoms with van der Waals surface area (Å²) in [5.41, 5.74) is 2.98. The molecule has 0 bridgehead atoms. The molecule has 0 saturated heterocycles. The zero-order chi connectivity index (χ0) is 14.4. The average Bonchev–Trinajstić information content (AvgIpc) is 3.12. The van der Waals surface area contributed by atoms with Gasteiger partial charge in [0.25, 0.3) is 0 Å². The molecule has 4 rings (SSSR count). The molecule has 0 heterocycles. The Balaban J connectivity index is 1.74. The first kappa shape index (κ1) is 12.8. The summed E-state index contributed by atoms with van der Waals surface area (Å²) in [7, 11) is -1.62. The van der Waals surface area contributed by atoms with Crippen molar-refractivity contribution in [3.63, 3.8) is 0 Å². The first-order chi connectivity index (χ1) is 10.2. The molecule has 0 aromatic rings. The summed E-state index contributed by atoms with van der Waals surface area (Å²) in [4.78, 5) is 0. The van der Waals surface area contributed by atoms with Crippen LogP contribution in [0.4, 0.5) is 0 Å². The van der Waals surface area contributed by atoms with Crippen LogP contribution >= 0.6 is 0 Å². The number of hydrogen-bond donors (Lipinski definition) is 0. The molecule has 1 heteroatoms. The lowest BCUT2D eigenvalue weighted by Gasteiger charge is -2.32. The highest BCUT2D eigenvalue weighted by molar-refractivity contribution is 6.91. The summed E-state index contributed by atoms with van der Waals surface area (Å²) in [5.74, 6) is 1.02. The monoisotopic (exact) mass is 288 g/mol. The van der Waals surface area contributed by atoms with Crippen molar-refractivity contribution >= 4 is 8.07 Å². The molecule has 0 spiro atoms. The number of hydrogen-bond acceptors (Lipinski definition) is 0. The highest BCUT2D eigenvalue weighted by Crippen LogP contribution is 2.44. The molecular weight excluding hydrogens is 268 g/mol. The molecule has 0 N–H and O–H groups in total. The zero-order valence-corrected chi connectivity index (χ0v) is 13.6. The molecule has 0 fully saturated rings. The maximum absolute atomic E-state index is 2.50. The van der Waals surface area contributed by atoms with Crippen LogP contribution in [0.2, 0.25) is 13.1 Å². The minimum atomic E-state index is -1.62. The van der Waals surface area contributed by atoms with Gasteiger partial charge in [0.1, 0.15) is 8.07 Å². The quantitative estimate of drug-likeness (QED) is 0.628. The molecule has 0 saturated carbocycles.